The second-order valence-corrected chi connectivity index (χ2v) is 7.69. The highest BCUT2D eigenvalue weighted by Gasteiger charge is 2.28. The molecular formula is C26H29F5O9. The Morgan fingerprint density at radius 1 is 0.525 bits per heavy atom. The normalized spacial score (nSPS) is 11.0. The predicted molar refractivity (Wildman–Crippen MR) is 127 cm³/mol. The maximum absolute atomic E-state index is 13.5. The van der Waals surface area contributed by atoms with Crippen molar-refractivity contribution in [2.45, 2.75) is 6.42 Å². The van der Waals surface area contributed by atoms with Crippen molar-refractivity contribution in [2.24, 2.45) is 0 Å². The summed E-state index contributed by atoms with van der Waals surface area (Å²) in [5.41, 5.74) is 0.476. The van der Waals surface area contributed by atoms with E-state index in [-0.39, 0.29) is 39.6 Å². The lowest BCUT2D eigenvalue weighted by atomic mass is 10.2. The molecule has 0 aliphatic heterocycles. The minimum absolute atomic E-state index is 0.0738. The number of esters is 2. The van der Waals surface area contributed by atoms with Gasteiger partial charge in [-0.1, -0.05) is 18.2 Å². The van der Waals surface area contributed by atoms with Crippen LogP contribution in [-0.2, 0) is 33.2 Å². The summed E-state index contributed by atoms with van der Waals surface area (Å²) in [5, 5.41) is 0. The molecule has 0 atom stereocenters. The third kappa shape index (κ3) is 11.9. The molecule has 0 bridgehead atoms. The fourth-order valence-corrected chi connectivity index (χ4v) is 2.83. The largest absolute Gasteiger partial charge is 0.460 e. The van der Waals surface area contributed by atoms with Gasteiger partial charge in [0.1, 0.15) is 6.61 Å². The van der Waals surface area contributed by atoms with E-state index in [1.807, 2.05) is 6.07 Å². The van der Waals surface area contributed by atoms with Gasteiger partial charge in [0.25, 0.3) is 0 Å². The molecule has 0 radical (unpaired) electrons. The molecule has 0 aliphatic carbocycles. The molecule has 0 aromatic heterocycles. The van der Waals surface area contributed by atoms with E-state index in [0.29, 0.717) is 38.6 Å². The van der Waals surface area contributed by atoms with Crippen LogP contribution in [0.15, 0.2) is 30.3 Å². The molecule has 9 nitrogen and oxygen atoms in total. The molecule has 0 N–H and O–H groups in total. The van der Waals surface area contributed by atoms with Crippen molar-refractivity contribution in [2.75, 3.05) is 72.7 Å². The average Bonchev–Trinajstić information content (AvgIpc) is 2.97. The van der Waals surface area contributed by atoms with Crippen molar-refractivity contribution in [1.29, 1.82) is 0 Å². The van der Waals surface area contributed by atoms with Crippen molar-refractivity contribution in [3.05, 3.63) is 65.0 Å². The van der Waals surface area contributed by atoms with E-state index in [0.717, 1.165) is 0 Å². The number of carbonyl (C=O) groups is 2. The summed E-state index contributed by atoms with van der Waals surface area (Å²) in [7, 11) is 0. The van der Waals surface area contributed by atoms with Gasteiger partial charge in [0, 0.05) is 0 Å². The number of ether oxygens (including phenoxy) is 7. The summed E-state index contributed by atoms with van der Waals surface area (Å²) >= 11 is 0. The van der Waals surface area contributed by atoms with E-state index in [2.05, 4.69) is 4.74 Å². The van der Waals surface area contributed by atoms with Crippen molar-refractivity contribution < 1.29 is 64.7 Å². The van der Waals surface area contributed by atoms with Gasteiger partial charge in [-0.2, -0.15) is 8.78 Å². The smallest absolute Gasteiger partial charge is 0.338 e. The zero-order chi connectivity index (χ0) is 29.2. The second-order valence-electron chi connectivity index (χ2n) is 7.69. The first-order chi connectivity index (χ1) is 19.3. The van der Waals surface area contributed by atoms with Crippen molar-refractivity contribution in [3.63, 3.8) is 0 Å². The minimum atomic E-state index is -2.35. The minimum Gasteiger partial charge on any atom is -0.460 e. The molecule has 2 aromatic carbocycles. The van der Waals surface area contributed by atoms with Crippen LogP contribution in [0, 0.1) is 29.1 Å². The monoisotopic (exact) mass is 580 g/mol. The van der Waals surface area contributed by atoms with Crippen molar-refractivity contribution in [3.8, 4) is 5.75 Å². The lowest BCUT2D eigenvalue weighted by molar-refractivity contribution is -0.136. The quantitative estimate of drug-likeness (QED) is 0.0581. The Hall–Kier alpha value is -3.17. The van der Waals surface area contributed by atoms with Crippen molar-refractivity contribution >= 4 is 11.9 Å². The summed E-state index contributed by atoms with van der Waals surface area (Å²) in [6, 6.07) is 8.64. The highest BCUT2D eigenvalue weighted by molar-refractivity contribution is 5.89. The fourth-order valence-electron chi connectivity index (χ4n) is 2.83. The number of hydrogen-bond donors (Lipinski definition) is 0. The summed E-state index contributed by atoms with van der Waals surface area (Å²) in [6.07, 6.45) is -0.491. The third-order valence-corrected chi connectivity index (χ3v) is 4.79. The van der Waals surface area contributed by atoms with Crippen LogP contribution >= 0.6 is 0 Å². The number of carbonyl (C=O) groups excluding carboxylic acids is 2. The molecule has 40 heavy (non-hydrogen) atoms. The van der Waals surface area contributed by atoms with Crippen LogP contribution in [-0.4, -0.2) is 84.6 Å². The summed E-state index contributed by atoms with van der Waals surface area (Å²) in [6.45, 7) is 2.30. The Bertz CT molecular complexity index is 1030. The topological polar surface area (TPSA) is 98.8 Å². The molecule has 0 saturated carbocycles. The Morgan fingerprint density at radius 3 is 1.40 bits per heavy atom. The van der Waals surface area contributed by atoms with Crippen LogP contribution in [0.25, 0.3) is 0 Å². The van der Waals surface area contributed by atoms with Crippen LogP contribution in [0.1, 0.15) is 16.8 Å². The SMILES string of the molecule is O=C(CCOCCOCCOCCOCCOCCOC(=O)c1ccccc1)Oc1c(F)c(F)c(F)c(F)c1F. The highest BCUT2D eigenvalue weighted by Crippen LogP contribution is 2.29. The molecule has 0 heterocycles. The van der Waals surface area contributed by atoms with Crippen LogP contribution in [0.2, 0.25) is 0 Å². The molecule has 2 aromatic rings. The molecule has 222 valence electrons. The van der Waals surface area contributed by atoms with Crippen molar-refractivity contribution in [1.82, 2.24) is 0 Å². The van der Waals surface area contributed by atoms with Crippen LogP contribution in [0.4, 0.5) is 22.0 Å². The third-order valence-electron chi connectivity index (χ3n) is 4.79. The standard InChI is InChI=1S/C26H29F5O9/c27-20-21(28)23(30)25(24(31)22(20)29)40-19(32)6-7-34-8-9-35-10-11-36-12-13-37-14-15-38-16-17-39-26(33)18-4-2-1-3-5-18/h1-5H,6-17H2. The number of hydrogen-bond acceptors (Lipinski definition) is 9. The van der Waals surface area contributed by atoms with E-state index < -0.39 is 53.2 Å². The Balaban J connectivity index is 1.35. The number of halogens is 5. The predicted octanol–water partition coefficient (Wildman–Crippen LogP) is 3.62. The second kappa shape index (κ2) is 19.0. The molecule has 0 amide bonds. The zero-order valence-corrected chi connectivity index (χ0v) is 21.4. The van der Waals surface area contributed by atoms with Gasteiger partial charge >= 0.3 is 11.9 Å². The molecule has 0 saturated heterocycles. The van der Waals surface area contributed by atoms with Gasteiger partial charge in [-0.3, -0.25) is 4.79 Å². The summed E-state index contributed by atoms with van der Waals surface area (Å²) in [4.78, 5) is 23.3. The summed E-state index contributed by atoms with van der Waals surface area (Å²) in [5.74, 6) is -14.6. The first-order valence-corrected chi connectivity index (χ1v) is 12.2. The van der Waals surface area contributed by atoms with Crippen LogP contribution < -0.4 is 4.74 Å². The Morgan fingerprint density at radius 2 is 0.925 bits per heavy atom. The molecule has 0 fully saturated rings. The van der Waals surface area contributed by atoms with Gasteiger partial charge in [0.15, 0.2) is 0 Å². The first-order valence-electron chi connectivity index (χ1n) is 12.2. The Labute approximate surface area is 227 Å². The van der Waals surface area contributed by atoms with Gasteiger partial charge < -0.3 is 33.2 Å². The summed E-state index contributed by atoms with van der Waals surface area (Å²) < 4.78 is 102. The Kier molecular flexibility index (Phi) is 15.7. The average molecular weight is 580 g/mol. The van der Waals surface area contributed by atoms with Gasteiger partial charge in [-0.15, -0.1) is 0 Å². The van der Waals surface area contributed by atoms with Gasteiger partial charge in [0.2, 0.25) is 34.8 Å². The van der Waals surface area contributed by atoms with Crippen LogP contribution in [0.3, 0.4) is 0 Å². The molecule has 0 spiro atoms. The fraction of sp³-hybridized carbons (Fsp3) is 0.462. The maximum Gasteiger partial charge on any atom is 0.338 e. The van der Waals surface area contributed by atoms with E-state index in [4.69, 9.17) is 28.4 Å². The maximum atomic E-state index is 13.5. The van der Waals surface area contributed by atoms with E-state index in [1.54, 1.807) is 24.3 Å². The molecule has 14 heteroatoms. The van der Waals surface area contributed by atoms with E-state index in [1.165, 1.54) is 0 Å². The molecule has 2 rings (SSSR count). The van der Waals surface area contributed by atoms with E-state index in [9.17, 15) is 31.5 Å². The van der Waals surface area contributed by atoms with Gasteiger partial charge in [-0.05, 0) is 12.1 Å². The molecule has 0 unspecified atom stereocenters. The van der Waals surface area contributed by atoms with Gasteiger partial charge in [0.05, 0.1) is 78.1 Å². The first kappa shape index (κ1) is 33.0. The van der Waals surface area contributed by atoms with E-state index >= 15 is 0 Å². The van der Waals surface area contributed by atoms with Crippen LogP contribution in [0.5, 0.6) is 5.75 Å². The highest BCUT2D eigenvalue weighted by atomic mass is 19.2. The van der Waals surface area contributed by atoms with Gasteiger partial charge in [-0.25, -0.2) is 18.0 Å². The molecule has 0 aliphatic rings. The zero-order valence-electron chi connectivity index (χ0n) is 21.4. The lowest BCUT2D eigenvalue weighted by Gasteiger charge is -2.09. The number of benzene rings is 2. The molecular weight excluding hydrogens is 551 g/mol. The lowest BCUT2D eigenvalue weighted by Crippen LogP contribution is -2.16. The number of rotatable bonds is 20.